The maximum Gasteiger partial charge on any atom is 0.353 e. The van der Waals surface area contributed by atoms with E-state index in [-0.39, 0.29) is 24.6 Å². The molecule has 3 amide bonds. The Hall–Kier alpha value is -4.38. The fourth-order valence-electron chi connectivity index (χ4n) is 6.33. The molecule has 0 unspecified atom stereocenters. The highest BCUT2D eigenvalue weighted by Crippen LogP contribution is 2.49. The van der Waals surface area contributed by atoms with Gasteiger partial charge in [0.05, 0.1) is 45.1 Å². The van der Waals surface area contributed by atoms with Crippen molar-refractivity contribution in [3.63, 3.8) is 0 Å². The Morgan fingerprint density at radius 1 is 0.880 bits per heavy atom. The molecule has 0 atom stereocenters. The van der Waals surface area contributed by atoms with E-state index in [2.05, 4.69) is 20.5 Å². The number of nitrogen functional groups attached to an aromatic ring is 1. The maximum absolute atomic E-state index is 12.4. The molecule has 0 aromatic carbocycles. The summed E-state index contributed by atoms with van der Waals surface area (Å²) in [5.74, 6) is -2.23. The van der Waals surface area contributed by atoms with Crippen LogP contribution in [0, 0.1) is 0 Å². The number of allylic oxidation sites excluding steroid dienone is 1. The zero-order valence-electron chi connectivity index (χ0n) is 28.8. The Morgan fingerprint density at radius 3 is 1.82 bits per heavy atom. The average Bonchev–Trinajstić information content (AvgIpc) is 3.74. The van der Waals surface area contributed by atoms with Crippen LogP contribution in [-0.4, -0.2) is 63.0 Å². The number of amides is 3. The third kappa shape index (κ3) is 8.67. The Balaban J connectivity index is 0.000000226. The topological polar surface area (TPSA) is 238 Å². The summed E-state index contributed by atoms with van der Waals surface area (Å²) in [5, 5.41) is 17.7. The molecule has 14 nitrogen and oxygen atoms in total. The SMILES string of the molecule is C.CC1(C)Cc2c(sc(N)c2C(N)=O)C(C)(C)O1.CC1(C)Cc2c(sc(NC(=O)C3=CC=NC3)c2C(N)=O)C(C)(C)O1.O=C(O)c1ccn[nH]1. The summed E-state index contributed by atoms with van der Waals surface area (Å²) in [6.45, 7) is 16.3. The zero-order valence-corrected chi connectivity index (χ0v) is 30.4. The Labute approximate surface area is 299 Å². The zero-order chi connectivity index (χ0) is 36.7. The lowest BCUT2D eigenvalue weighted by atomic mass is 9.86. The van der Waals surface area contributed by atoms with Crippen molar-refractivity contribution in [3.8, 4) is 0 Å². The number of thiophene rings is 2. The van der Waals surface area contributed by atoms with E-state index in [1.807, 2.05) is 55.4 Å². The van der Waals surface area contributed by atoms with E-state index in [1.165, 1.54) is 34.9 Å². The van der Waals surface area contributed by atoms with Crippen LogP contribution in [-0.2, 0) is 38.3 Å². The number of hydrogen-bond acceptors (Lipinski definition) is 11. The fraction of sp³-hybridized carbons (Fsp3) is 0.471. The van der Waals surface area contributed by atoms with Gasteiger partial charge in [0.1, 0.15) is 10.7 Å². The number of carboxylic acid groups (broad SMARTS) is 1. The van der Waals surface area contributed by atoms with Crippen molar-refractivity contribution in [3.05, 3.63) is 61.6 Å². The van der Waals surface area contributed by atoms with Crippen molar-refractivity contribution in [2.45, 2.75) is 98.1 Å². The van der Waals surface area contributed by atoms with Gasteiger partial charge in [0, 0.05) is 40.6 Å². The minimum Gasteiger partial charge on any atom is -0.477 e. The lowest BCUT2D eigenvalue weighted by Gasteiger charge is -2.41. The van der Waals surface area contributed by atoms with E-state index >= 15 is 0 Å². The van der Waals surface area contributed by atoms with E-state index in [9.17, 15) is 19.2 Å². The second kappa shape index (κ2) is 14.5. The molecule has 3 aliphatic heterocycles. The number of fused-ring (bicyclic) bond motifs is 2. The van der Waals surface area contributed by atoms with E-state index in [0.717, 1.165) is 20.9 Å². The lowest BCUT2D eigenvalue weighted by molar-refractivity contribution is -0.136. The fourth-order valence-corrected chi connectivity index (χ4v) is 8.72. The van der Waals surface area contributed by atoms with Crippen molar-refractivity contribution < 1.29 is 33.8 Å². The van der Waals surface area contributed by atoms with Gasteiger partial charge in [-0.25, -0.2) is 4.79 Å². The molecular weight excluding hydrogens is 683 g/mol. The van der Waals surface area contributed by atoms with Crippen LogP contribution in [0.15, 0.2) is 28.9 Å². The molecule has 0 saturated heterocycles. The normalized spacial score (nSPS) is 18.4. The minimum absolute atomic E-state index is 0. The van der Waals surface area contributed by atoms with Crippen LogP contribution in [0.2, 0.25) is 0 Å². The molecule has 0 spiro atoms. The molecule has 50 heavy (non-hydrogen) atoms. The van der Waals surface area contributed by atoms with Crippen molar-refractivity contribution in [1.29, 1.82) is 0 Å². The second-order valence-corrected chi connectivity index (χ2v) is 16.1. The molecule has 0 saturated carbocycles. The van der Waals surface area contributed by atoms with Crippen molar-refractivity contribution in [2.75, 3.05) is 17.6 Å². The van der Waals surface area contributed by atoms with E-state index in [4.69, 9.17) is 31.8 Å². The maximum atomic E-state index is 12.4. The summed E-state index contributed by atoms with van der Waals surface area (Å²) in [6.07, 6.45) is 5.90. The molecular formula is C34H47N7O7S2. The van der Waals surface area contributed by atoms with E-state index in [0.29, 0.717) is 46.1 Å². The van der Waals surface area contributed by atoms with Gasteiger partial charge in [0.25, 0.3) is 17.7 Å². The lowest BCUT2D eigenvalue weighted by Crippen LogP contribution is -2.42. The summed E-state index contributed by atoms with van der Waals surface area (Å²) in [4.78, 5) is 51.9. The number of primary amides is 2. The van der Waals surface area contributed by atoms with Crippen LogP contribution in [0.5, 0.6) is 0 Å². The van der Waals surface area contributed by atoms with Gasteiger partial charge in [-0.1, -0.05) is 7.43 Å². The van der Waals surface area contributed by atoms with Crippen LogP contribution in [0.3, 0.4) is 0 Å². The van der Waals surface area contributed by atoms with E-state index < -0.39 is 34.6 Å². The van der Waals surface area contributed by atoms with Crippen molar-refractivity contribution in [2.24, 2.45) is 16.5 Å². The Kier molecular flexibility index (Phi) is 11.6. The number of nitrogens with one attached hydrogen (secondary N) is 2. The summed E-state index contributed by atoms with van der Waals surface area (Å²) in [6, 6.07) is 1.39. The number of carboxylic acids is 1. The quantitative estimate of drug-likeness (QED) is 0.203. The number of hydrogen-bond donors (Lipinski definition) is 6. The number of rotatable bonds is 5. The van der Waals surface area contributed by atoms with Crippen LogP contribution >= 0.6 is 22.7 Å². The van der Waals surface area contributed by atoms with Gasteiger partial charge in [-0.15, -0.1) is 22.7 Å². The second-order valence-electron chi connectivity index (χ2n) is 14.0. The monoisotopic (exact) mass is 729 g/mol. The highest BCUT2D eigenvalue weighted by atomic mass is 32.1. The minimum atomic E-state index is -0.984. The molecule has 3 aliphatic rings. The first kappa shape index (κ1) is 40.1. The third-order valence-electron chi connectivity index (χ3n) is 7.79. The number of nitrogens with two attached hydrogens (primary N) is 3. The summed E-state index contributed by atoms with van der Waals surface area (Å²) < 4.78 is 12.2. The first-order valence-electron chi connectivity index (χ1n) is 15.4. The standard InChI is InChI=1S/C17H21N3O3S.C12H18N2O2S.C4H4N2O2.CH4/c1-16(2)7-10-11(13(18)21)15(24-12(10)17(3,4)23-16)20-14(22)9-5-6-19-8-9;1-11(2)5-6-7(9(13)15)10(14)17-8(6)12(3,4)16-11;7-4(8)3-1-2-5-6-3;/h5-6H,7-8H2,1-4H3,(H2,18,21)(H,20,22);5,14H2,1-4H3,(H2,13,15);1-2H,(H,5,6)(H,7,8);1H4. The van der Waals surface area contributed by atoms with Gasteiger partial charge in [0.2, 0.25) is 0 Å². The molecule has 3 aromatic rings. The molecule has 6 heterocycles. The van der Waals surface area contributed by atoms with Gasteiger partial charge in [-0.05, 0) is 78.7 Å². The van der Waals surface area contributed by atoms with Gasteiger partial charge < -0.3 is 37.1 Å². The van der Waals surface area contributed by atoms with Crippen LogP contribution < -0.4 is 22.5 Å². The number of aromatic amines is 1. The van der Waals surface area contributed by atoms with Crippen LogP contribution in [0.25, 0.3) is 0 Å². The smallest absolute Gasteiger partial charge is 0.353 e. The highest BCUT2D eigenvalue weighted by molar-refractivity contribution is 7.17. The van der Waals surface area contributed by atoms with Crippen molar-refractivity contribution >= 4 is 62.6 Å². The first-order chi connectivity index (χ1) is 22.5. The number of aliphatic imine (C=N–C) groups is 1. The molecule has 6 rings (SSSR count). The van der Waals surface area contributed by atoms with Gasteiger partial charge in [-0.3, -0.25) is 24.5 Å². The molecule has 0 radical (unpaired) electrons. The molecule has 0 fully saturated rings. The number of nitrogens with zero attached hydrogens (tertiary/aromatic N) is 2. The first-order valence-corrected chi connectivity index (χ1v) is 17.0. The van der Waals surface area contributed by atoms with Gasteiger partial charge >= 0.3 is 5.97 Å². The molecule has 272 valence electrons. The number of aromatic nitrogens is 2. The number of H-pyrrole nitrogens is 1. The average molecular weight is 730 g/mol. The van der Waals surface area contributed by atoms with Gasteiger partial charge in [0.15, 0.2) is 0 Å². The van der Waals surface area contributed by atoms with E-state index in [1.54, 1.807) is 12.3 Å². The number of carbonyl (C=O) groups excluding carboxylic acids is 3. The molecule has 3 aromatic heterocycles. The molecule has 16 heteroatoms. The predicted octanol–water partition coefficient (Wildman–Crippen LogP) is 5.14. The summed E-state index contributed by atoms with van der Waals surface area (Å²) in [7, 11) is 0. The number of anilines is 2. The molecule has 0 bridgehead atoms. The molecule has 9 N–H and O–H groups in total. The summed E-state index contributed by atoms with van der Waals surface area (Å²) in [5.41, 5.74) is 18.6. The van der Waals surface area contributed by atoms with Crippen LogP contribution in [0.1, 0.15) is 115 Å². The van der Waals surface area contributed by atoms with Crippen LogP contribution in [0.4, 0.5) is 10.0 Å². The molecule has 0 aliphatic carbocycles. The Morgan fingerprint density at radius 2 is 1.40 bits per heavy atom. The number of carbonyl (C=O) groups is 4. The van der Waals surface area contributed by atoms with Gasteiger partial charge in [-0.2, -0.15) is 5.10 Å². The predicted molar refractivity (Wildman–Crippen MR) is 196 cm³/mol. The highest BCUT2D eigenvalue weighted by Gasteiger charge is 2.44. The van der Waals surface area contributed by atoms with Crippen molar-refractivity contribution in [1.82, 2.24) is 10.2 Å². The number of ether oxygens (including phenoxy) is 2. The largest absolute Gasteiger partial charge is 0.477 e. The summed E-state index contributed by atoms with van der Waals surface area (Å²) >= 11 is 2.76. The number of aromatic carboxylic acids is 1. The Bertz CT molecular complexity index is 1850. The third-order valence-corrected chi connectivity index (χ3v) is 10.6.